The van der Waals surface area contributed by atoms with Crippen molar-refractivity contribution in [3.63, 3.8) is 0 Å². The van der Waals surface area contributed by atoms with Gasteiger partial charge in [0.05, 0.1) is 16.7 Å². The van der Waals surface area contributed by atoms with Crippen LogP contribution in [0.5, 0.6) is 0 Å². The Morgan fingerprint density at radius 1 is 1.16 bits per heavy atom. The van der Waals surface area contributed by atoms with Crippen LogP contribution in [0.25, 0.3) is 10.9 Å². The highest BCUT2D eigenvalue weighted by Gasteiger charge is 2.11. The van der Waals surface area contributed by atoms with Crippen LogP contribution in [-0.4, -0.2) is 21.6 Å². The summed E-state index contributed by atoms with van der Waals surface area (Å²) in [5.41, 5.74) is 2.35. The molecule has 0 aliphatic carbocycles. The fourth-order valence-corrected chi connectivity index (χ4v) is 3.24. The van der Waals surface area contributed by atoms with E-state index in [1.165, 1.54) is 11.8 Å². The van der Waals surface area contributed by atoms with Gasteiger partial charge < -0.3 is 10.3 Å². The van der Waals surface area contributed by atoms with Gasteiger partial charge in [0.1, 0.15) is 0 Å². The van der Waals surface area contributed by atoms with Gasteiger partial charge >= 0.3 is 0 Å². The second-order valence-electron chi connectivity index (χ2n) is 5.97. The zero-order valence-electron chi connectivity index (χ0n) is 14.1. The lowest BCUT2D eigenvalue weighted by Gasteiger charge is -2.13. The summed E-state index contributed by atoms with van der Waals surface area (Å²) >= 11 is 1.21. The first-order valence-corrected chi connectivity index (χ1v) is 9.04. The summed E-state index contributed by atoms with van der Waals surface area (Å²) in [7, 11) is 0. The quantitative estimate of drug-likeness (QED) is 0.541. The number of carbonyl (C=O) groups is 1. The van der Waals surface area contributed by atoms with Gasteiger partial charge in [-0.25, -0.2) is 4.98 Å². The van der Waals surface area contributed by atoms with E-state index in [9.17, 15) is 9.59 Å². The number of fused-ring (bicyclic) bond motifs is 1. The minimum Gasteiger partial charge on any atom is -0.325 e. The van der Waals surface area contributed by atoms with E-state index in [0.29, 0.717) is 22.0 Å². The molecule has 1 heterocycles. The Kier molecular flexibility index (Phi) is 5.19. The Morgan fingerprint density at radius 3 is 2.68 bits per heavy atom. The smallest absolute Gasteiger partial charge is 0.259 e. The first kappa shape index (κ1) is 17.2. The highest BCUT2D eigenvalue weighted by Crippen LogP contribution is 2.24. The highest BCUT2D eigenvalue weighted by molar-refractivity contribution is 7.99. The van der Waals surface area contributed by atoms with Crippen LogP contribution in [0.1, 0.15) is 25.3 Å². The van der Waals surface area contributed by atoms with Gasteiger partial charge in [0.25, 0.3) is 5.56 Å². The molecule has 1 aromatic heterocycles. The molecule has 5 nitrogen and oxygen atoms in total. The molecule has 0 saturated heterocycles. The maximum absolute atomic E-state index is 12.3. The normalized spacial score (nSPS) is 11.0. The molecule has 2 aromatic carbocycles. The Hall–Kier alpha value is -2.60. The zero-order chi connectivity index (χ0) is 17.8. The molecule has 1 amide bonds. The summed E-state index contributed by atoms with van der Waals surface area (Å²) in [6.07, 6.45) is 0. The molecule has 6 heteroatoms. The number of hydrogen-bond acceptors (Lipinski definition) is 4. The summed E-state index contributed by atoms with van der Waals surface area (Å²) in [5.74, 6) is 0.366. The van der Waals surface area contributed by atoms with E-state index in [0.717, 1.165) is 11.3 Å². The van der Waals surface area contributed by atoms with Crippen molar-refractivity contribution in [2.24, 2.45) is 0 Å². The molecule has 0 radical (unpaired) electrons. The topological polar surface area (TPSA) is 74.8 Å². The van der Waals surface area contributed by atoms with Crippen LogP contribution in [0.2, 0.25) is 0 Å². The van der Waals surface area contributed by atoms with Gasteiger partial charge in [-0.05, 0) is 29.7 Å². The molecule has 0 spiro atoms. The number of amides is 1. The molecule has 2 N–H and O–H groups in total. The maximum Gasteiger partial charge on any atom is 0.259 e. The van der Waals surface area contributed by atoms with Gasteiger partial charge in [0, 0.05) is 5.69 Å². The fourth-order valence-electron chi connectivity index (χ4n) is 2.57. The number of carbonyl (C=O) groups excluding carboxylic acids is 1. The van der Waals surface area contributed by atoms with Crippen molar-refractivity contribution in [3.05, 3.63) is 64.4 Å². The first-order chi connectivity index (χ1) is 12.0. The summed E-state index contributed by atoms with van der Waals surface area (Å²) in [6, 6.07) is 14.9. The van der Waals surface area contributed by atoms with Crippen molar-refractivity contribution in [2.75, 3.05) is 11.1 Å². The van der Waals surface area contributed by atoms with Crippen molar-refractivity contribution in [1.29, 1.82) is 0 Å². The number of aromatic amines is 1. The summed E-state index contributed by atoms with van der Waals surface area (Å²) < 4.78 is 0. The average molecular weight is 353 g/mol. The second kappa shape index (κ2) is 7.53. The average Bonchev–Trinajstić information content (AvgIpc) is 2.60. The van der Waals surface area contributed by atoms with Crippen LogP contribution in [0.4, 0.5) is 5.69 Å². The van der Waals surface area contributed by atoms with Gasteiger partial charge in [-0.1, -0.05) is 55.9 Å². The van der Waals surface area contributed by atoms with Crippen LogP contribution in [0, 0.1) is 0 Å². The minimum atomic E-state index is -0.196. The predicted octanol–water partition coefficient (Wildman–Crippen LogP) is 3.78. The third kappa shape index (κ3) is 4.09. The summed E-state index contributed by atoms with van der Waals surface area (Å²) in [5, 5.41) is 3.92. The van der Waals surface area contributed by atoms with Crippen molar-refractivity contribution >= 4 is 34.3 Å². The molecule has 0 saturated carbocycles. The highest BCUT2D eigenvalue weighted by atomic mass is 32.2. The number of anilines is 1. The lowest BCUT2D eigenvalue weighted by atomic mass is 10.0. The van der Waals surface area contributed by atoms with E-state index < -0.39 is 0 Å². The SMILES string of the molecule is CC(C)c1ccccc1NC(=O)CSc1nc2ccccc2c(=O)[nH]1. The van der Waals surface area contributed by atoms with Gasteiger partial charge in [-0.3, -0.25) is 9.59 Å². The van der Waals surface area contributed by atoms with Crippen molar-refractivity contribution < 1.29 is 4.79 Å². The lowest BCUT2D eigenvalue weighted by molar-refractivity contribution is -0.113. The monoisotopic (exact) mass is 353 g/mol. The molecular weight excluding hydrogens is 334 g/mol. The molecule has 3 rings (SSSR count). The number of nitrogens with zero attached hydrogens (tertiary/aromatic N) is 1. The van der Waals surface area contributed by atoms with Crippen molar-refractivity contribution in [1.82, 2.24) is 9.97 Å². The lowest BCUT2D eigenvalue weighted by Crippen LogP contribution is -2.16. The maximum atomic E-state index is 12.3. The van der Waals surface area contributed by atoms with E-state index in [-0.39, 0.29) is 17.2 Å². The Morgan fingerprint density at radius 2 is 1.88 bits per heavy atom. The van der Waals surface area contributed by atoms with Crippen LogP contribution < -0.4 is 10.9 Å². The predicted molar refractivity (Wildman–Crippen MR) is 102 cm³/mol. The fraction of sp³-hybridized carbons (Fsp3) is 0.211. The number of rotatable bonds is 5. The van der Waals surface area contributed by atoms with Crippen LogP contribution in [-0.2, 0) is 4.79 Å². The van der Waals surface area contributed by atoms with Crippen LogP contribution in [0.3, 0.4) is 0 Å². The van der Waals surface area contributed by atoms with E-state index in [2.05, 4.69) is 29.1 Å². The van der Waals surface area contributed by atoms with E-state index in [4.69, 9.17) is 0 Å². The third-order valence-electron chi connectivity index (χ3n) is 3.79. The van der Waals surface area contributed by atoms with E-state index in [1.54, 1.807) is 18.2 Å². The number of para-hydroxylation sites is 2. The third-order valence-corrected chi connectivity index (χ3v) is 4.66. The van der Waals surface area contributed by atoms with Crippen molar-refractivity contribution in [3.8, 4) is 0 Å². The Bertz CT molecular complexity index is 966. The second-order valence-corrected chi connectivity index (χ2v) is 6.93. The van der Waals surface area contributed by atoms with Gasteiger partial charge in [0.2, 0.25) is 5.91 Å². The number of H-pyrrole nitrogens is 1. The molecule has 3 aromatic rings. The van der Waals surface area contributed by atoms with Gasteiger partial charge in [-0.15, -0.1) is 0 Å². The molecule has 0 bridgehead atoms. The zero-order valence-corrected chi connectivity index (χ0v) is 14.9. The molecule has 0 fully saturated rings. The number of aromatic nitrogens is 2. The van der Waals surface area contributed by atoms with Crippen LogP contribution in [0.15, 0.2) is 58.5 Å². The summed E-state index contributed by atoms with van der Waals surface area (Å²) in [6.45, 7) is 4.17. The van der Waals surface area contributed by atoms with E-state index in [1.807, 2.05) is 30.3 Å². The van der Waals surface area contributed by atoms with Gasteiger partial charge in [-0.2, -0.15) is 0 Å². The number of hydrogen-bond donors (Lipinski definition) is 2. The number of benzene rings is 2. The summed E-state index contributed by atoms with van der Waals surface area (Å²) in [4.78, 5) is 31.4. The molecule has 128 valence electrons. The van der Waals surface area contributed by atoms with Gasteiger partial charge in [0.15, 0.2) is 5.16 Å². The Balaban J connectivity index is 1.70. The number of nitrogens with one attached hydrogen (secondary N) is 2. The largest absolute Gasteiger partial charge is 0.325 e. The number of thioether (sulfide) groups is 1. The van der Waals surface area contributed by atoms with Crippen molar-refractivity contribution in [2.45, 2.75) is 24.9 Å². The molecule has 0 aliphatic heterocycles. The first-order valence-electron chi connectivity index (χ1n) is 8.05. The molecular formula is C19H19N3O2S. The molecule has 25 heavy (non-hydrogen) atoms. The van der Waals surface area contributed by atoms with E-state index >= 15 is 0 Å². The molecule has 0 aliphatic rings. The van der Waals surface area contributed by atoms with Crippen LogP contribution >= 0.6 is 11.8 Å². The standard InChI is InChI=1S/C19H19N3O2S/c1-12(2)13-7-3-5-9-15(13)20-17(23)11-25-19-21-16-10-6-4-8-14(16)18(24)22-19/h3-10,12H,11H2,1-2H3,(H,20,23)(H,21,22,24). The molecule has 0 unspecified atom stereocenters. The molecule has 0 atom stereocenters. The minimum absolute atomic E-state index is 0.131. The Labute approximate surface area is 149 Å².